The van der Waals surface area contributed by atoms with Gasteiger partial charge in [-0.25, -0.2) is 4.79 Å². The van der Waals surface area contributed by atoms with Gasteiger partial charge in [-0.05, 0) is 41.5 Å². The Balaban J connectivity index is 1.77. The summed E-state index contributed by atoms with van der Waals surface area (Å²) in [4.78, 5) is 11.8. The van der Waals surface area contributed by atoms with Gasteiger partial charge in [0.2, 0.25) is 11.5 Å². The summed E-state index contributed by atoms with van der Waals surface area (Å²) >= 11 is 0. The largest absolute Gasteiger partial charge is 0.493 e. The summed E-state index contributed by atoms with van der Waals surface area (Å²) in [6, 6.07) is 6.89. The Morgan fingerprint density at radius 1 is 0.737 bits per heavy atom. The number of hydrogen-bond donors (Lipinski definition) is 2. The number of aliphatic carboxylic acids is 1. The Labute approximate surface area is 221 Å². The van der Waals surface area contributed by atoms with Gasteiger partial charge in [0.25, 0.3) is 0 Å². The zero-order chi connectivity index (χ0) is 27.8. The van der Waals surface area contributed by atoms with Crippen molar-refractivity contribution < 1.29 is 52.9 Å². The van der Waals surface area contributed by atoms with Gasteiger partial charge in [-0.3, -0.25) is 0 Å². The minimum Gasteiger partial charge on any atom is -0.493 e. The third kappa shape index (κ3) is 6.42. The van der Waals surface area contributed by atoms with E-state index in [9.17, 15) is 15.0 Å². The van der Waals surface area contributed by atoms with E-state index in [0.29, 0.717) is 45.6 Å². The van der Waals surface area contributed by atoms with Crippen molar-refractivity contribution in [3.63, 3.8) is 0 Å². The SMILES string of the molecule is COc1cc(CO[C@@H]2C=C(C(=O)O)C[C@@H](OCc3cc(OC)c(OC)c(OC)c3)[C@@H]2O)cc(OC)c1OC. The van der Waals surface area contributed by atoms with Gasteiger partial charge >= 0.3 is 5.97 Å². The predicted octanol–water partition coefficient (Wildman–Crippen LogP) is 2.98. The van der Waals surface area contributed by atoms with E-state index in [4.69, 9.17) is 37.9 Å². The molecular weight excluding hydrogens is 500 g/mol. The highest BCUT2D eigenvalue weighted by atomic mass is 16.5. The lowest BCUT2D eigenvalue weighted by atomic mass is 9.92. The van der Waals surface area contributed by atoms with Gasteiger partial charge in [0, 0.05) is 12.0 Å². The van der Waals surface area contributed by atoms with Gasteiger partial charge in [0.1, 0.15) is 12.2 Å². The number of methoxy groups -OCH3 is 6. The van der Waals surface area contributed by atoms with Crippen LogP contribution < -0.4 is 28.4 Å². The number of carboxylic acid groups (broad SMARTS) is 1. The fourth-order valence-corrected chi connectivity index (χ4v) is 4.21. The average molecular weight is 535 g/mol. The van der Waals surface area contributed by atoms with Crippen molar-refractivity contribution in [2.45, 2.75) is 37.9 Å². The highest BCUT2D eigenvalue weighted by molar-refractivity contribution is 5.87. The quantitative estimate of drug-likeness (QED) is 0.393. The Hall–Kier alpha value is -3.67. The van der Waals surface area contributed by atoms with Crippen molar-refractivity contribution in [3.05, 3.63) is 47.0 Å². The topological polar surface area (TPSA) is 131 Å². The van der Waals surface area contributed by atoms with E-state index in [0.717, 1.165) is 0 Å². The molecule has 208 valence electrons. The van der Waals surface area contributed by atoms with Gasteiger partial charge in [-0.2, -0.15) is 0 Å². The molecule has 11 nitrogen and oxygen atoms in total. The van der Waals surface area contributed by atoms with E-state index in [1.807, 2.05) is 0 Å². The molecule has 0 spiro atoms. The molecule has 38 heavy (non-hydrogen) atoms. The molecule has 0 heterocycles. The second kappa shape index (κ2) is 13.2. The molecule has 0 aromatic heterocycles. The highest BCUT2D eigenvalue weighted by Crippen LogP contribution is 2.40. The smallest absolute Gasteiger partial charge is 0.331 e. The van der Waals surface area contributed by atoms with Gasteiger partial charge in [-0.1, -0.05) is 0 Å². The van der Waals surface area contributed by atoms with Crippen molar-refractivity contribution in [2.24, 2.45) is 0 Å². The van der Waals surface area contributed by atoms with Crippen molar-refractivity contribution >= 4 is 5.97 Å². The van der Waals surface area contributed by atoms with Crippen LogP contribution in [0.5, 0.6) is 34.5 Å². The fraction of sp³-hybridized carbons (Fsp3) is 0.444. The predicted molar refractivity (Wildman–Crippen MR) is 136 cm³/mol. The van der Waals surface area contributed by atoms with Gasteiger partial charge in [0.05, 0.1) is 62.0 Å². The molecule has 0 radical (unpaired) electrons. The molecule has 2 aromatic rings. The lowest BCUT2D eigenvalue weighted by Gasteiger charge is -2.33. The van der Waals surface area contributed by atoms with Crippen LogP contribution in [0.25, 0.3) is 0 Å². The summed E-state index contributed by atoms with van der Waals surface area (Å²) in [5, 5.41) is 20.7. The lowest BCUT2D eigenvalue weighted by molar-refractivity contribution is -0.137. The maximum Gasteiger partial charge on any atom is 0.331 e. The number of ether oxygens (including phenoxy) is 8. The van der Waals surface area contributed by atoms with E-state index >= 15 is 0 Å². The molecule has 0 unspecified atom stereocenters. The first kappa shape index (κ1) is 28.9. The van der Waals surface area contributed by atoms with E-state index < -0.39 is 24.3 Å². The number of carbonyl (C=O) groups is 1. The van der Waals surface area contributed by atoms with Gasteiger partial charge in [0.15, 0.2) is 23.0 Å². The van der Waals surface area contributed by atoms with E-state index in [1.54, 1.807) is 24.3 Å². The van der Waals surface area contributed by atoms with Crippen LogP contribution in [0.4, 0.5) is 0 Å². The van der Waals surface area contributed by atoms with Crippen LogP contribution in [0, 0.1) is 0 Å². The molecule has 2 aromatic carbocycles. The zero-order valence-electron chi connectivity index (χ0n) is 22.3. The molecule has 1 aliphatic carbocycles. The zero-order valence-corrected chi connectivity index (χ0v) is 22.3. The average Bonchev–Trinajstić information content (AvgIpc) is 2.94. The van der Waals surface area contributed by atoms with Crippen molar-refractivity contribution in [1.82, 2.24) is 0 Å². The van der Waals surface area contributed by atoms with E-state index in [-0.39, 0.29) is 25.2 Å². The van der Waals surface area contributed by atoms with Crippen LogP contribution in [0.1, 0.15) is 17.5 Å². The Morgan fingerprint density at radius 3 is 1.53 bits per heavy atom. The molecule has 0 fully saturated rings. The van der Waals surface area contributed by atoms with Crippen LogP contribution in [0.15, 0.2) is 35.9 Å². The molecule has 2 N–H and O–H groups in total. The summed E-state index contributed by atoms with van der Waals surface area (Å²) in [6.45, 7) is 0.104. The molecule has 0 aliphatic heterocycles. The maximum atomic E-state index is 11.8. The molecule has 3 atom stereocenters. The van der Waals surface area contributed by atoms with Crippen LogP contribution in [0.2, 0.25) is 0 Å². The first-order valence-corrected chi connectivity index (χ1v) is 11.7. The number of aliphatic hydroxyl groups is 1. The lowest BCUT2D eigenvalue weighted by Crippen LogP contribution is -2.43. The first-order valence-electron chi connectivity index (χ1n) is 11.7. The fourth-order valence-electron chi connectivity index (χ4n) is 4.21. The molecule has 3 rings (SSSR count). The second-order valence-electron chi connectivity index (χ2n) is 8.38. The Kier molecular flexibility index (Phi) is 10.1. The molecule has 0 saturated heterocycles. The van der Waals surface area contributed by atoms with Crippen LogP contribution >= 0.6 is 0 Å². The van der Waals surface area contributed by atoms with Crippen LogP contribution in [0.3, 0.4) is 0 Å². The standard InChI is InChI=1S/C27H34O11/c1-31-20-7-15(8-21(32-2)25(20)35-5)13-37-18-11-17(27(29)30)12-19(24(18)28)38-14-16-9-22(33-3)26(36-6)23(10-16)34-4/h7-11,18-19,24,28H,12-14H2,1-6H3,(H,29,30)/t18-,19-,24-/m1/s1. The third-order valence-electron chi connectivity index (χ3n) is 6.13. The van der Waals surface area contributed by atoms with Crippen molar-refractivity contribution in [3.8, 4) is 34.5 Å². The molecule has 0 bridgehead atoms. The number of aliphatic hydroxyl groups excluding tert-OH is 1. The third-order valence-corrected chi connectivity index (χ3v) is 6.13. The van der Waals surface area contributed by atoms with Crippen molar-refractivity contribution in [2.75, 3.05) is 42.7 Å². The second-order valence-corrected chi connectivity index (χ2v) is 8.38. The monoisotopic (exact) mass is 534 g/mol. The van der Waals surface area contributed by atoms with Crippen LogP contribution in [-0.2, 0) is 27.5 Å². The molecule has 11 heteroatoms. The summed E-state index contributed by atoms with van der Waals surface area (Å²) < 4.78 is 44.1. The minimum absolute atomic E-state index is 0.00493. The summed E-state index contributed by atoms with van der Waals surface area (Å²) in [6.07, 6.45) is -1.48. The van der Waals surface area contributed by atoms with E-state index in [2.05, 4.69) is 0 Å². The number of hydrogen-bond acceptors (Lipinski definition) is 10. The number of carboxylic acids is 1. The molecular formula is C27H34O11. The van der Waals surface area contributed by atoms with E-state index in [1.165, 1.54) is 48.7 Å². The summed E-state index contributed by atoms with van der Waals surface area (Å²) in [7, 11) is 9.03. The summed E-state index contributed by atoms with van der Waals surface area (Å²) in [5.74, 6) is 1.56. The molecule has 0 saturated carbocycles. The van der Waals surface area contributed by atoms with Gasteiger partial charge in [-0.15, -0.1) is 0 Å². The normalized spacial score (nSPS) is 18.8. The minimum atomic E-state index is -1.12. The Morgan fingerprint density at radius 2 is 1.16 bits per heavy atom. The molecule has 1 aliphatic rings. The molecule has 0 amide bonds. The number of benzene rings is 2. The number of rotatable bonds is 13. The highest BCUT2D eigenvalue weighted by Gasteiger charge is 2.35. The Bertz CT molecular complexity index is 1090. The first-order chi connectivity index (χ1) is 18.3. The van der Waals surface area contributed by atoms with Crippen LogP contribution in [-0.4, -0.2) is 77.2 Å². The maximum absolute atomic E-state index is 11.8. The van der Waals surface area contributed by atoms with Gasteiger partial charge < -0.3 is 48.1 Å². The summed E-state index contributed by atoms with van der Waals surface area (Å²) in [5.41, 5.74) is 1.45. The van der Waals surface area contributed by atoms with Crippen molar-refractivity contribution in [1.29, 1.82) is 0 Å².